The van der Waals surface area contributed by atoms with Gasteiger partial charge in [0.15, 0.2) is 0 Å². The summed E-state index contributed by atoms with van der Waals surface area (Å²) in [4.78, 5) is 0. The van der Waals surface area contributed by atoms with E-state index in [1.807, 2.05) is 6.07 Å². The van der Waals surface area contributed by atoms with Crippen LogP contribution in [0.2, 0.25) is 0 Å². The van der Waals surface area contributed by atoms with E-state index in [0.717, 1.165) is 17.4 Å². The van der Waals surface area contributed by atoms with Gasteiger partial charge in [-0.3, -0.25) is 0 Å². The molecule has 1 aromatic rings. The Morgan fingerprint density at radius 1 is 1.41 bits per heavy atom. The molecule has 1 aliphatic rings. The van der Waals surface area contributed by atoms with Crippen LogP contribution in [0.15, 0.2) is 22.7 Å². The number of hydrogen-bond donors (Lipinski definition) is 1. The van der Waals surface area contributed by atoms with Gasteiger partial charge >= 0.3 is 0 Å². The molecule has 0 saturated heterocycles. The van der Waals surface area contributed by atoms with E-state index >= 15 is 0 Å². The minimum Gasteiger partial charge on any atom is -0.312 e. The van der Waals surface area contributed by atoms with Gasteiger partial charge in [0, 0.05) is 22.0 Å². The standard InChI is InChI=1S/C13H16BrClFN/c14-11-4-5-13(16)10(6-11)8-17-7-9-2-1-3-12(9)15/h4-6,9,12,17H,1-3,7-8H2. The van der Waals surface area contributed by atoms with Crippen LogP contribution in [0.5, 0.6) is 0 Å². The Morgan fingerprint density at radius 3 is 2.94 bits per heavy atom. The zero-order valence-corrected chi connectivity index (χ0v) is 11.9. The summed E-state index contributed by atoms with van der Waals surface area (Å²) in [6, 6.07) is 5.01. The quantitative estimate of drug-likeness (QED) is 0.824. The van der Waals surface area contributed by atoms with E-state index in [0.29, 0.717) is 18.0 Å². The molecule has 17 heavy (non-hydrogen) atoms. The maximum absolute atomic E-state index is 13.5. The zero-order chi connectivity index (χ0) is 12.3. The number of nitrogens with one attached hydrogen (secondary N) is 1. The number of alkyl halides is 1. The Morgan fingerprint density at radius 2 is 2.24 bits per heavy atom. The number of benzene rings is 1. The molecular weight excluding hydrogens is 305 g/mol. The van der Waals surface area contributed by atoms with Gasteiger partial charge in [-0.1, -0.05) is 22.4 Å². The summed E-state index contributed by atoms with van der Waals surface area (Å²) >= 11 is 9.54. The van der Waals surface area contributed by atoms with E-state index in [4.69, 9.17) is 11.6 Å². The minimum atomic E-state index is -0.158. The summed E-state index contributed by atoms with van der Waals surface area (Å²) in [7, 11) is 0. The molecule has 2 rings (SSSR count). The van der Waals surface area contributed by atoms with Gasteiger partial charge in [-0.05, 0) is 43.5 Å². The van der Waals surface area contributed by atoms with Crippen molar-refractivity contribution in [1.82, 2.24) is 5.32 Å². The second kappa shape index (κ2) is 6.17. The molecule has 0 spiro atoms. The molecule has 0 bridgehead atoms. The Labute approximate surface area is 115 Å². The van der Waals surface area contributed by atoms with Gasteiger partial charge < -0.3 is 5.32 Å². The monoisotopic (exact) mass is 319 g/mol. The van der Waals surface area contributed by atoms with Crippen molar-refractivity contribution in [3.8, 4) is 0 Å². The summed E-state index contributed by atoms with van der Waals surface area (Å²) < 4.78 is 14.4. The summed E-state index contributed by atoms with van der Waals surface area (Å²) in [6.45, 7) is 1.44. The third-order valence-electron chi connectivity index (χ3n) is 3.30. The topological polar surface area (TPSA) is 12.0 Å². The van der Waals surface area contributed by atoms with Crippen molar-refractivity contribution in [2.24, 2.45) is 5.92 Å². The van der Waals surface area contributed by atoms with Gasteiger partial charge in [-0.2, -0.15) is 0 Å². The molecule has 1 nitrogen and oxygen atoms in total. The SMILES string of the molecule is Fc1ccc(Br)cc1CNCC1CCCC1Cl. The highest BCUT2D eigenvalue weighted by Gasteiger charge is 2.24. The van der Waals surface area contributed by atoms with Crippen molar-refractivity contribution in [2.75, 3.05) is 6.54 Å². The van der Waals surface area contributed by atoms with E-state index < -0.39 is 0 Å². The first kappa shape index (κ1) is 13.3. The predicted octanol–water partition coefficient (Wildman–Crippen LogP) is 4.09. The van der Waals surface area contributed by atoms with Crippen LogP contribution in [0.4, 0.5) is 4.39 Å². The predicted molar refractivity (Wildman–Crippen MR) is 72.8 cm³/mol. The molecular formula is C13H16BrClFN. The van der Waals surface area contributed by atoms with E-state index in [-0.39, 0.29) is 11.2 Å². The lowest BCUT2D eigenvalue weighted by atomic mass is 10.1. The second-order valence-electron chi connectivity index (χ2n) is 4.57. The van der Waals surface area contributed by atoms with Crippen molar-refractivity contribution < 1.29 is 4.39 Å². The van der Waals surface area contributed by atoms with Crippen LogP contribution in [-0.4, -0.2) is 11.9 Å². The van der Waals surface area contributed by atoms with Crippen molar-refractivity contribution in [3.63, 3.8) is 0 Å². The molecule has 2 atom stereocenters. The maximum atomic E-state index is 13.5. The third kappa shape index (κ3) is 3.67. The van der Waals surface area contributed by atoms with Crippen molar-refractivity contribution in [2.45, 2.75) is 31.2 Å². The van der Waals surface area contributed by atoms with Crippen LogP contribution >= 0.6 is 27.5 Å². The van der Waals surface area contributed by atoms with Gasteiger partial charge in [-0.25, -0.2) is 4.39 Å². The van der Waals surface area contributed by atoms with Crippen LogP contribution in [0.1, 0.15) is 24.8 Å². The summed E-state index contributed by atoms with van der Waals surface area (Å²) in [6.07, 6.45) is 3.51. The van der Waals surface area contributed by atoms with Crippen LogP contribution in [-0.2, 0) is 6.54 Å². The molecule has 1 aliphatic carbocycles. The van der Waals surface area contributed by atoms with Crippen LogP contribution in [0.25, 0.3) is 0 Å². The molecule has 0 heterocycles. The first-order chi connectivity index (χ1) is 8.16. The lowest BCUT2D eigenvalue weighted by Gasteiger charge is -2.14. The lowest BCUT2D eigenvalue weighted by molar-refractivity contribution is 0.487. The van der Waals surface area contributed by atoms with E-state index in [1.165, 1.54) is 18.9 Å². The highest BCUT2D eigenvalue weighted by molar-refractivity contribution is 9.10. The van der Waals surface area contributed by atoms with Crippen molar-refractivity contribution in [3.05, 3.63) is 34.1 Å². The average Bonchev–Trinajstić information content (AvgIpc) is 2.70. The normalized spacial score (nSPS) is 24.2. The van der Waals surface area contributed by atoms with Gasteiger partial charge in [0.1, 0.15) is 5.82 Å². The van der Waals surface area contributed by atoms with Gasteiger partial charge in [0.25, 0.3) is 0 Å². The fraction of sp³-hybridized carbons (Fsp3) is 0.538. The summed E-state index contributed by atoms with van der Waals surface area (Å²) in [5.74, 6) is 0.376. The first-order valence-corrected chi connectivity index (χ1v) is 7.18. The molecule has 1 fully saturated rings. The largest absolute Gasteiger partial charge is 0.312 e. The molecule has 0 aliphatic heterocycles. The maximum Gasteiger partial charge on any atom is 0.127 e. The third-order valence-corrected chi connectivity index (χ3v) is 4.36. The Hall–Kier alpha value is -0.120. The van der Waals surface area contributed by atoms with Gasteiger partial charge in [-0.15, -0.1) is 11.6 Å². The molecule has 2 unspecified atom stereocenters. The summed E-state index contributed by atoms with van der Waals surface area (Å²) in [5, 5.41) is 3.58. The van der Waals surface area contributed by atoms with E-state index in [1.54, 1.807) is 6.07 Å². The van der Waals surface area contributed by atoms with Crippen LogP contribution < -0.4 is 5.32 Å². The first-order valence-electron chi connectivity index (χ1n) is 5.95. The number of hydrogen-bond acceptors (Lipinski definition) is 1. The Kier molecular flexibility index (Phi) is 4.83. The molecule has 0 amide bonds. The fourth-order valence-electron chi connectivity index (χ4n) is 2.29. The molecule has 1 saturated carbocycles. The van der Waals surface area contributed by atoms with Crippen LogP contribution in [0, 0.1) is 11.7 Å². The highest BCUT2D eigenvalue weighted by Crippen LogP contribution is 2.29. The zero-order valence-electron chi connectivity index (χ0n) is 9.56. The summed E-state index contributed by atoms with van der Waals surface area (Å²) in [5.41, 5.74) is 0.698. The Bertz CT molecular complexity index is 386. The molecule has 1 N–H and O–H groups in total. The van der Waals surface area contributed by atoms with E-state index in [2.05, 4.69) is 21.2 Å². The number of halogens is 3. The average molecular weight is 321 g/mol. The minimum absolute atomic E-state index is 0.158. The fourth-order valence-corrected chi connectivity index (χ4v) is 3.07. The molecule has 94 valence electrons. The van der Waals surface area contributed by atoms with Crippen molar-refractivity contribution >= 4 is 27.5 Å². The van der Waals surface area contributed by atoms with Gasteiger partial charge in [0.2, 0.25) is 0 Å². The molecule has 0 radical (unpaired) electrons. The number of rotatable bonds is 4. The lowest BCUT2D eigenvalue weighted by Crippen LogP contribution is -2.25. The highest BCUT2D eigenvalue weighted by atomic mass is 79.9. The smallest absolute Gasteiger partial charge is 0.127 e. The Balaban J connectivity index is 1.83. The molecule has 4 heteroatoms. The molecule has 1 aromatic carbocycles. The second-order valence-corrected chi connectivity index (χ2v) is 6.05. The van der Waals surface area contributed by atoms with Gasteiger partial charge in [0.05, 0.1) is 0 Å². The molecule has 0 aromatic heterocycles. The van der Waals surface area contributed by atoms with Crippen LogP contribution in [0.3, 0.4) is 0 Å². The van der Waals surface area contributed by atoms with E-state index in [9.17, 15) is 4.39 Å². The van der Waals surface area contributed by atoms with Crippen molar-refractivity contribution in [1.29, 1.82) is 0 Å².